The first-order valence-corrected chi connectivity index (χ1v) is 48.8. The Labute approximate surface area is 863 Å². The molecule has 0 saturated carbocycles. The van der Waals surface area contributed by atoms with Crippen LogP contribution in [0, 0.1) is 30.5 Å². The maximum absolute atomic E-state index is 12.8. The summed E-state index contributed by atoms with van der Waals surface area (Å²) in [7, 11) is 3.72. The van der Waals surface area contributed by atoms with Crippen LogP contribution in [-0.2, 0) is 128 Å². The minimum atomic E-state index is -0.637. The highest BCUT2D eigenvalue weighted by Gasteiger charge is 2.33. The third-order valence-electron chi connectivity index (χ3n) is 19.6. The van der Waals surface area contributed by atoms with Gasteiger partial charge in [0, 0.05) is 70.9 Å². The fourth-order valence-corrected chi connectivity index (χ4v) is 13.5. The van der Waals surface area contributed by atoms with Crippen LogP contribution in [0.3, 0.4) is 0 Å². The zero-order valence-electron chi connectivity index (χ0n) is 86.7. The van der Waals surface area contributed by atoms with Crippen LogP contribution in [0.25, 0.3) is 0 Å². The van der Waals surface area contributed by atoms with Crippen molar-refractivity contribution in [1.29, 1.82) is 0 Å². The van der Waals surface area contributed by atoms with E-state index in [9.17, 15) is 42.7 Å². The lowest BCUT2D eigenvalue weighted by atomic mass is 9.97. The summed E-state index contributed by atoms with van der Waals surface area (Å²) in [4.78, 5) is 94.2. The number of hydrogen-bond acceptors (Lipinski definition) is 21. The first kappa shape index (κ1) is 130. The van der Waals surface area contributed by atoms with Gasteiger partial charge in [-0.25, -0.2) is 4.39 Å². The van der Waals surface area contributed by atoms with Crippen molar-refractivity contribution >= 4 is 122 Å². The molecule has 0 amide bonds. The Hall–Kier alpha value is -8.82. The molecule has 0 aliphatic carbocycles. The lowest BCUT2D eigenvalue weighted by Crippen LogP contribution is -2.40. The maximum atomic E-state index is 12.8. The number of nitrogens with zero attached hydrogens (tertiary/aromatic N) is 1. The Balaban J connectivity index is 0.00000156. The number of aryl methyl sites for hydroxylation is 1. The number of carbonyl (C=O) groups excluding carboxylic acids is 8. The van der Waals surface area contributed by atoms with Crippen molar-refractivity contribution in [3.63, 3.8) is 0 Å². The van der Waals surface area contributed by atoms with Gasteiger partial charge in [0.2, 0.25) is 0 Å². The molecular weight excluding hydrogens is 1940 g/mol. The summed E-state index contributed by atoms with van der Waals surface area (Å²) < 4.78 is 57.1. The second-order valence-corrected chi connectivity index (χ2v) is 43.5. The summed E-state index contributed by atoms with van der Waals surface area (Å²) in [5, 5.41) is 3.07. The van der Waals surface area contributed by atoms with Gasteiger partial charge in [-0.3, -0.25) is 43.3 Å². The molecule has 8 aromatic carbocycles. The second-order valence-electron chi connectivity index (χ2n) is 40.5. The van der Waals surface area contributed by atoms with Gasteiger partial charge in [-0.1, -0.05) is 250 Å². The second kappa shape index (κ2) is 61.2. The molecule has 0 fully saturated rings. The summed E-state index contributed by atoms with van der Waals surface area (Å²) in [5.74, 6) is -2.81. The Bertz CT molecular complexity index is 4720. The fraction of sp³-hybridized carbons (Fsp3) is 0.495. The van der Waals surface area contributed by atoms with Gasteiger partial charge in [0.15, 0.2) is 0 Å². The van der Waals surface area contributed by atoms with E-state index in [1.165, 1.54) is 23.3 Å². The van der Waals surface area contributed by atoms with Crippen LogP contribution in [0.15, 0.2) is 199 Å². The van der Waals surface area contributed by atoms with Gasteiger partial charge >= 0.3 is 47.8 Å². The molecule has 0 radical (unpaired) electrons. The van der Waals surface area contributed by atoms with E-state index < -0.39 is 80.9 Å². The molecule has 28 heteroatoms. The predicted molar refractivity (Wildman–Crippen MR) is 569 cm³/mol. The van der Waals surface area contributed by atoms with Gasteiger partial charge in [0.05, 0.1) is 27.8 Å². The molecule has 0 aliphatic heterocycles. The van der Waals surface area contributed by atoms with E-state index >= 15 is 0 Å². The first-order chi connectivity index (χ1) is 63.3. The Kier molecular flexibility index (Phi) is 57.3. The van der Waals surface area contributed by atoms with Crippen molar-refractivity contribution in [3.8, 4) is 0 Å². The van der Waals surface area contributed by atoms with Crippen molar-refractivity contribution in [3.05, 3.63) is 280 Å². The summed E-state index contributed by atoms with van der Waals surface area (Å²) in [6.45, 7) is 51.5. The van der Waals surface area contributed by atoms with Crippen molar-refractivity contribution in [1.82, 2.24) is 4.90 Å². The fourth-order valence-electron chi connectivity index (χ4n) is 12.4. The van der Waals surface area contributed by atoms with Crippen molar-refractivity contribution < 1.29 is 80.6 Å². The van der Waals surface area contributed by atoms with Gasteiger partial charge in [-0.05, 0) is 284 Å². The molecule has 8 rings (SSSR count). The zero-order chi connectivity index (χ0) is 106. The average Bonchev–Trinajstić information content (AvgIpc) is 0.833. The summed E-state index contributed by atoms with van der Waals surface area (Å²) in [5.41, 5.74) is 27.4. The van der Waals surface area contributed by atoms with Gasteiger partial charge in [0.1, 0.15) is 80.8 Å². The van der Waals surface area contributed by atoms with Crippen molar-refractivity contribution in [2.24, 2.45) is 40.7 Å². The number of benzene rings is 8. The highest BCUT2D eigenvalue weighted by Crippen LogP contribution is 2.30. The standard InChI is InChI=1S/C15H22ClNO2.C14H19BrO2.C14H19FO2.C14H21NO2.C14H20O2.C13H17Cl2NO2.2C13H18ClNO2.CH4/c1-11(17(4)5)14(18)19-15(2,3)10-12-6-8-13(16)9-7-12;2*1-10(2)13(16)17-14(3,4)9-11-5-7-12(15)8-6-11;1-10-5-7-12(8-6-10)9-14(3,4)17-13(16)11(2)15;1-11(2)13(15)16-14(3,4)10-12-8-6-5-7-9-12;1-8(16)12(17)18-13(2,3)7-9-4-5-10(14)11(15)6-9;1-9(15)12(16)17-13(2,3)8-10-4-6-11(14)7-5-10;1-9(15)12(16)17-13(2,3)8-10-5-4-6-11(14)7-10;/h6-9,11H,10H2,1-5H3;2*5-8,10H,9H2,1-4H3;5-8,11H,9,15H2,1-4H3;5-9,11H,10H2,1-4H3;4-6,8H,7,16H2,1-3H3;2*4-7,9H,8,15H2,1-3H3;1H4. The monoisotopic (exact) mass is 2090 g/mol. The van der Waals surface area contributed by atoms with Crippen LogP contribution in [0.2, 0.25) is 25.1 Å². The molecule has 0 bridgehead atoms. The molecular formula is C111H158BrCl5FN5O16. The maximum Gasteiger partial charge on any atom is 0.323 e. The number of carbonyl (C=O) groups is 8. The topological polar surface area (TPSA) is 318 Å². The highest BCUT2D eigenvalue weighted by molar-refractivity contribution is 9.10. The third-order valence-corrected chi connectivity index (χ3v) is 21.6. The smallest absolute Gasteiger partial charge is 0.323 e. The molecule has 8 N–H and O–H groups in total. The minimum absolute atomic E-state index is 0. The molecule has 0 aliphatic rings. The van der Waals surface area contributed by atoms with E-state index in [0.29, 0.717) is 63.6 Å². The van der Waals surface area contributed by atoms with Crippen molar-refractivity contribution in [2.45, 2.75) is 328 Å². The molecule has 0 aromatic heterocycles. The number of hydrogen-bond donors (Lipinski definition) is 4. The van der Waals surface area contributed by atoms with Crippen LogP contribution < -0.4 is 22.9 Å². The predicted octanol–water partition coefficient (Wildman–Crippen LogP) is 24.8. The molecule has 21 nitrogen and oxygen atoms in total. The van der Waals surface area contributed by atoms with E-state index in [0.717, 1.165) is 56.3 Å². The Morgan fingerprint density at radius 2 is 0.525 bits per heavy atom. The highest BCUT2D eigenvalue weighted by atomic mass is 79.9. The van der Waals surface area contributed by atoms with Gasteiger partial charge < -0.3 is 60.8 Å². The SMILES string of the molecule is C.CC(C(=O)OC(C)(C)Cc1ccc(Cl)cc1)N(C)C.CC(C)C(=O)OC(C)(C)Cc1ccc(Br)cc1.CC(C)C(=O)OC(C)(C)Cc1ccc(F)cc1.CC(C)C(=O)OC(C)(C)Cc1ccccc1.CC(N)C(=O)OC(C)(C)Cc1ccc(Cl)c(Cl)c1.CC(N)C(=O)OC(C)(C)Cc1ccc(Cl)cc1.CC(N)C(=O)OC(C)(C)Cc1cccc(Cl)c1.Cc1ccc(CC(C)(C)OC(=O)C(C)N)cc1. The lowest BCUT2D eigenvalue weighted by Gasteiger charge is -2.28. The Morgan fingerprint density at radius 3 is 0.791 bits per heavy atom. The summed E-state index contributed by atoms with van der Waals surface area (Å²) >= 11 is 32.7. The number of nitrogens with two attached hydrogens (primary N) is 4. The van der Waals surface area contributed by atoms with E-state index in [1.54, 1.807) is 65.8 Å². The number of likely N-dealkylation sites (N-methyl/N-ethyl adjacent to an activating group) is 1. The van der Waals surface area contributed by atoms with Crippen LogP contribution in [0.4, 0.5) is 4.39 Å². The third kappa shape index (κ3) is 59.0. The molecule has 0 spiro atoms. The number of rotatable bonds is 33. The molecule has 8 aromatic rings. The summed E-state index contributed by atoms with van der Waals surface area (Å²) in [6.07, 6.45) is 5.16. The van der Waals surface area contributed by atoms with E-state index in [-0.39, 0.29) is 72.9 Å². The lowest BCUT2D eigenvalue weighted by molar-refractivity contribution is -0.162. The van der Waals surface area contributed by atoms with E-state index in [2.05, 4.69) is 40.2 Å². The average molecular weight is 2090 g/mol. The molecule has 5 atom stereocenters. The van der Waals surface area contributed by atoms with Crippen LogP contribution in [-0.4, -0.2) is 142 Å². The van der Waals surface area contributed by atoms with Crippen LogP contribution >= 0.6 is 73.9 Å². The van der Waals surface area contributed by atoms with Gasteiger partial charge in [-0.2, -0.15) is 0 Å². The van der Waals surface area contributed by atoms with E-state index in [4.69, 9.17) is 119 Å². The number of ether oxygens (including phenoxy) is 8. The first-order valence-electron chi connectivity index (χ1n) is 46.1. The van der Waals surface area contributed by atoms with Crippen LogP contribution in [0.1, 0.15) is 244 Å². The normalized spacial score (nSPS) is 12.6. The van der Waals surface area contributed by atoms with Gasteiger partial charge in [-0.15, -0.1) is 0 Å². The zero-order valence-corrected chi connectivity index (χ0v) is 92.1. The molecule has 0 saturated heterocycles. The van der Waals surface area contributed by atoms with E-state index in [1.807, 2.05) is 305 Å². The Morgan fingerprint density at radius 1 is 0.295 bits per heavy atom. The van der Waals surface area contributed by atoms with Crippen molar-refractivity contribution in [2.75, 3.05) is 14.1 Å². The molecule has 139 heavy (non-hydrogen) atoms. The summed E-state index contributed by atoms with van der Waals surface area (Å²) in [6, 6.07) is 57.9. The molecule has 772 valence electrons. The molecule has 5 unspecified atom stereocenters. The number of esters is 8. The quantitative estimate of drug-likeness (QED) is 0.0219. The largest absolute Gasteiger partial charge is 0.459 e. The number of halogens is 7. The molecule has 0 heterocycles. The van der Waals surface area contributed by atoms with Crippen LogP contribution in [0.5, 0.6) is 0 Å². The minimum Gasteiger partial charge on any atom is -0.459 e. The van der Waals surface area contributed by atoms with Gasteiger partial charge in [0.25, 0.3) is 0 Å².